The van der Waals surface area contributed by atoms with Crippen molar-refractivity contribution in [1.82, 2.24) is 30.8 Å². The van der Waals surface area contributed by atoms with Crippen LogP contribution < -0.4 is 10.9 Å². The second-order valence-corrected chi connectivity index (χ2v) is 8.13. The Kier molecular flexibility index (Phi) is 4.79. The lowest BCUT2D eigenvalue weighted by atomic mass is 9.45. The summed E-state index contributed by atoms with van der Waals surface area (Å²) in [6, 6.07) is 8.05. The Morgan fingerprint density at radius 3 is 2.07 bits per heavy atom. The van der Waals surface area contributed by atoms with E-state index in [-0.39, 0.29) is 5.31 Å². The van der Waals surface area contributed by atoms with Gasteiger partial charge in [0.05, 0.1) is 7.85 Å². The van der Waals surface area contributed by atoms with Gasteiger partial charge in [-0.05, 0) is 21.8 Å². The molecule has 0 saturated carbocycles. The molecule has 4 rings (SSSR count). The molecule has 2 aromatic heterocycles. The molecule has 4 aromatic rings. The molecule has 6 nitrogen and oxygen atoms in total. The summed E-state index contributed by atoms with van der Waals surface area (Å²) >= 11 is 0. The monoisotopic (exact) mass is 379 g/mol. The van der Waals surface area contributed by atoms with Gasteiger partial charge < -0.3 is 0 Å². The van der Waals surface area contributed by atoms with Crippen molar-refractivity contribution in [2.24, 2.45) is 0 Å². The van der Waals surface area contributed by atoms with Crippen LogP contribution in [0.5, 0.6) is 0 Å². The lowest BCUT2D eigenvalue weighted by molar-refractivity contribution is 0.646. The lowest BCUT2D eigenvalue weighted by Crippen LogP contribution is -2.38. The van der Waals surface area contributed by atoms with Gasteiger partial charge in [0.1, 0.15) is 29.9 Å². The van der Waals surface area contributed by atoms with E-state index in [2.05, 4.69) is 71.0 Å². The maximum Gasteiger partial charge on any atom is 0.167 e. The van der Waals surface area contributed by atoms with Gasteiger partial charge in [-0.2, -0.15) is 30.8 Å². The molecule has 0 aliphatic heterocycles. The number of aromatic nitrogens is 6. The highest BCUT2D eigenvalue weighted by atomic mass is 15.3. The Morgan fingerprint density at radius 2 is 1.41 bits per heavy atom. The molecule has 0 spiro atoms. The van der Waals surface area contributed by atoms with E-state index < -0.39 is 5.31 Å². The average Bonchev–Trinajstić information content (AvgIpc) is 3.38. The van der Waals surface area contributed by atoms with Crippen LogP contribution in [0, 0.1) is 0 Å². The number of hydrogen-bond donors (Lipinski definition) is 2. The SMILES string of the molecule is [B]c1ccc(C(C)([B]c2ccc(C([B])(C)CC)c3n[nH]nc23)CC)c2n[nH]nc12. The highest BCUT2D eigenvalue weighted by molar-refractivity contribution is 6.60. The van der Waals surface area contributed by atoms with Gasteiger partial charge in [-0.3, -0.25) is 0 Å². The Balaban J connectivity index is 1.82. The minimum absolute atomic E-state index is 0.299. The third kappa shape index (κ3) is 3.16. The zero-order valence-electron chi connectivity index (χ0n) is 17.2. The number of fused-ring (bicyclic) bond motifs is 2. The van der Waals surface area contributed by atoms with Crippen LogP contribution in [0.4, 0.5) is 0 Å². The Bertz CT molecular complexity index is 1180. The third-order valence-electron chi connectivity index (χ3n) is 6.19. The molecule has 2 heterocycles. The molecule has 0 aliphatic carbocycles. The smallest absolute Gasteiger partial charge is 0.167 e. The summed E-state index contributed by atoms with van der Waals surface area (Å²) < 4.78 is 0. The fraction of sp³-hybridized carbons (Fsp3) is 0.400. The van der Waals surface area contributed by atoms with Gasteiger partial charge in [0.2, 0.25) is 0 Å². The molecule has 2 aromatic carbocycles. The first kappa shape index (κ1) is 19.7. The fourth-order valence-corrected chi connectivity index (χ4v) is 3.84. The van der Waals surface area contributed by atoms with Gasteiger partial charge in [-0.25, -0.2) is 0 Å². The van der Waals surface area contributed by atoms with E-state index in [0.29, 0.717) is 11.0 Å². The zero-order valence-corrected chi connectivity index (χ0v) is 17.2. The molecule has 2 N–H and O–H groups in total. The Labute approximate surface area is 173 Å². The van der Waals surface area contributed by atoms with Crippen LogP contribution >= 0.6 is 0 Å². The molecule has 5 radical (unpaired) electrons. The van der Waals surface area contributed by atoms with Crippen LogP contribution in [0.2, 0.25) is 0 Å². The van der Waals surface area contributed by atoms with E-state index in [0.717, 1.165) is 46.0 Å². The van der Waals surface area contributed by atoms with Gasteiger partial charge in [0.15, 0.2) is 7.28 Å². The van der Waals surface area contributed by atoms with Crippen molar-refractivity contribution in [3.8, 4) is 0 Å². The normalized spacial score (nSPS) is 16.0. The summed E-state index contributed by atoms with van der Waals surface area (Å²) in [5, 5.41) is 22.1. The van der Waals surface area contributed by atoms with Crippen molar-refractivity contribution in [3.05, 3.63) is 35.4 Å². The summed E-state index contributed by atoms with van der Waals surface area (Å²) in [5.74, 6) is 0. The molecule has 0 amide bonds. The Hall–Kier alpha value is -2.57. The van der Waals surface area contributed by atoms with Gasteiger partial charge >= 0.3 is 0 Å². The van der Waals surface area contributed by atoms with E-state index in [1.165, 1.54) is 0 Å². The van der Waals surface area contributed by atoms with Crippen LogP contribution in [-0.4, -0.2) is 53.8 Å². The van der Waals surface area contributed by atoms with Gasteiger partial charge in [0, 0.05) is 0 Å². The standard InChI is InChI=1S/C20H22B3N6/c1-5-19(3,22)11-8-10-14(18-15(11)24-29-27-18)23-20(4,6-2)12-7-9-13(21)17-16(12)25-28-26-17/h7-10H,5-6H2,1-4H3,(H,24,27,29)(H,25,26,28). The Morgan fingerprint density at radius 1 is 0.828 bits per heavy atom. The van der Waals surface area contributed by atoms with Gasteiger partial charge in [0.25, 0.3) is 0 Å². The molecule has 9 heteroatoms. The van der Waals surface area contributed by atoms with Crippen LogP contribution in [0.3, 0.4) is 0 Å². The van der Waals surface area contributed by atoms with E-state index in [4.69, 9.17) is 15.7 Å². The first-order chi connectivity index (χ1) is 13.8. The second-order valence-electron chi connectivity index (χ2n) is 8.13. The minimum atomic E-state index is -0.467. The van der Waals surface area contributed by atoms with Crippen molar-refractivity contribution in [2.45, 2.75) is 51.2 Å². The van der Waals surface area contributed by atoms with Crippen LogP contribution in [0.1, 0.15) is 51.7 Å². The van der Waals surface area contributed by atoms with Crippen molar-refractivity contribution in [2.75, 3.05) is 0 Å². The predicted octanol–water partition coefficient (Wildman–Crippen LogP) is 1.47. The maximum atomic E-state index is 6.50. The number of hydrogen-bond acceptors (Lipinski definition) is 4. The summed E-state index contributed by atoms with van der Waals surface area (Å²) in [7, 11) is 14.8. The fourth-order valence-electron chi connectivity index (χ4n) is 3.84. The molecular formula is C20H22B3N6. The molecule has 0 aliphatic rings. The molecule has 2 unspecified atom stereocenters. The number of rotatable bonds is 6. The number of H-pyrrole nitrogens is 2. The second kappa shape index (κ2) is 7.04. The molecule has 141 valence electrons. The summed E-state index contributed by atoms with van der Waals surface area (Å²) in [6.45, 7) is 8.43. The zero-order chi connectivity index (χ0) is 20.8. The summed E-state index contributed by atoms with van der Waals surface area (Å²) in [4.78, 5) is 0. The number of nitrogens with one attached hydrogen (secondary N) is 2. The maximum absolute atomic E-state index is 6.50. The molecule has 0 saturated heterocycles. The van der Waals surface area contributed by atoms with Crippen molar-refractivity contribution in [1.29, 1.82) is 0 Å². The van der Waals surface area contributed by atoms with Crippen LogP contribution in [-0.2, 0) is 10.6 Å². The van der Waals surface area contributed by atoms with Crippen molar-refractivity contribution >= 4 is 56.0 Å². The van der Waals surface area contributed by atoms with Gasteiger partial charge in [-0.1, -0.05) is 75.7 Å². The molecule has 0 fully saturated rings. The number of nitrogens with zero attached hydrogens (tertiary/aromatic N) is 4. The third-order valence-corrected chi connectivity index (χ3v) is 6.19. The topological polar surface area (TPSA) is 83.1 Å². The van der Waals surface area contributed by atoms with Crippen LogP contribution in [0.25, 0.3) is 22.1 Å². The highest BCUT2D eigenvalue weighted by Gasteiger charge is 2.32. The van der Waals surface area contributed by atoms with Crippen LogP contribution in [0.15, 0.2) is 24.3 Å². The quantitative estimate of drug-likeness (QED) is 0.498. The van der Waals surface area contributed by atoms with E-state index in [1.807, 2.05) is 19.1 Å². The molecule has 2 atom stereocenters. The largest absolute Gasteiger partial charge is 0.197 e. The lowest BCUT2D eigenvalue weighted by Gasteiger charge is -2.29. The minimum Gasteiger partial charge on any atom is -0.197 e. The number of aromatic amines is 2. The molecular weight excluding hydrogens is 357 g/mol. The molecule has 29 heavy (non-hydrogen) atoms. The highest BCUT2D eigenvalue weighted by Crippen LogP contribution is 2.32. The van der Waals surface area contributed by atoms with Crippen molar-refractivity contribution < 1.29 is 0 Å². The first-order valence-corrected chi connectivity index (χ1v) is 9.89. The van der Waals surface area contributed by atoms with E-state index >= 15 is 0 Å². The average molecular weight is 379 g/mol. The predicted molar refractivity (Wildman–Crippen MR) is 120 cm³/mol. The number of benzene rings is 2. The molecule has 0 bridgehead atoms. The first-order valence-electron chi connectivity index (χ1n) is 9.89. The van der Waals surface area contributed by atoms with Gasteiger partial charge in [-0.15, -0.1) is 0 Å². The van der Waals surface area contributed by atoms with E-state index in [1.54, 1.807) is 0 Å². The van der Waals surface area contributed by atoms with E-state index in [9.17, 15) is 0 Å². The summed E-state index contributed by atoms with van der Waals surface area (Å²) in [5.41, 5.74) is 6.79. The van der Waals surface area contributed by atoms with Crippen molar-refractivity contribution in [3.63, 3.8) is 0 Å². The summed E-state index contributed by atoms with van der Waals surface area (Å²) in [6.07, 6.45) is 1.67.